The van der Waals surface area contributed by atoms with E-state index in [9.17, 15) is 14.4 Å². The summed E-state index contributed by atoms with van der Waals surface area (Å²) >= 11 is 0. The second-order valence-electron chi connectivity index (χ2n) is 7.21. The maximum absolute atomic E-state index is 13.2. The molecule has 6 nitrogen and oxygen atoms in total. The summed E-state index contributed by atoms with van der Waals surface area (Å²) < 4.78 is 2.07. The van der Waals surface area contributed by atoms with E-state index in [0.717, 1.165) is 32.6 Å². The first kappa shape index (κ1) is 19.4. The van der Waals surface area contributed by atoms with Crippen LogP contribution in [0.15, 0.2) is 66.8 Å². The summed E-state index contributed by atoms with van der Waals surface area (Å²) in [5.41, 5.74) is 3.98. The molecule has 2 aromatic carbocycles. The number of hydrogen-bond donors (Lipinski definition) is 1. The van der Waals surface area contributed by atoms with Gasteiger partial charge in [-0.1, -0.05) is 42.0 Å². The largest absolute Gasteiger partial charge is 0.340 e. The molecule has 6 heteroatoms. The molecule has 1 aliphatic heterocycles. The molecule has 4 amide bonds. The minimum absolute atomic E-state index is 0.0835. The summed E-state index contributed by atoms with van der Waals surface area (Å²) in [7, 11) is 0. The lowest BCUT2D eigenvalue weighted by atomic mass is 10.0. The van der Waals surface area contributed by atoms with Crippen LogP contribution in [0.2, 0.25) is 0 Å². The number of nitrogens with one attached hydrogen (secondary N) is 1. The van der Waals surface area contributed by atoms with Crippen molar-refractivity contribution in [3.05, 3.63) is 83.6 Å². The zero-order chi connectivity index (χ0) is 21.4. The average Bonchev–Trinajstić information content (AvgIpc) is 2.98. The minimum atomic E-state index is -0.753. The molecule has 4 rings (SSSR count). The first-order valence-corrected chi connectivity index (χ1v) is 9.59. The fraction of sp³-hybridized carbons (Fsp3) is 0.125. The Bertz CT molecular complexity index is 1230. The number of urea groups is 1. The lowest BCUT2D eigenvalue weighted by Gasteiger charge is -2.26. The van der Waals surface area contributed by atoms with Gasteiger partial charge in [0.25, 0.3) is 11.8 Å². The maximum atomic E-state index is 13.2. The number of allylic oxidation sites excluding steroid dienone is 1. The van der Waals surface area contributed by atoms with Gasteiger partial charge < -0.3 is 4.57 Å². The number of aryl methyl sites for hydroxylation is 1. The van der Waals surface area contributed by atoms with Crippen LogP contribution in [0.25, 0.3) is 17.0 Å². The number of para-hydroxylation sites is 1. The molecule has 0 aliphatic carbocycles. The number of nitrogens with zero attached hydrogens (tertiary/aromatic N) is 2. The predicted octanol–water partition coefficient (Wildman–Crippen LogP) is 4.11. The summed E-state index contributed by atoms with van der Waals surface area (Å²) in [5, 5.41) is 3.20. The third kappa shape index (κ3) is 3.12. The van der Waals surface area contributed by atoms with Crippen LogP contribution in [0.5, 0.6) is 0 Å². The van der Waals surface area contributed by atoms with Crippen LogP contribution in [0.3, 0.4) is 0 Å². The number of anilines is 1. The van der Waals surface area contributed by atoms with Crippen molar-refractivity contribution in [2.75, 3.05) is 4.90 Å². The van der Waals surface area contributed by atoms with Gasteiger partial charge in [0.2, 0.25) is 0 Å². The maximum Gasteiger partial charge on any atom is 0.335 e. The average molecular weight is 399 g/mol. The molecule has 0 bridgehead atoms. The quantitative estimate of drug-likeness (QED) is 0.408. The van der Waals surface area contributed by atoms with Gasteiger partial charge in [-0.2, -0.15) is 0 Å². The molecule has 1 saturated heterocycles. The Morgan fingerprint density at radius 1 is 1.00 bits per heavy atom. The van der Waals surface area contributed by atoms with E-state index in [-0.39, 0.29) is 5.57 Å². The van der Waals surface area contributed by atoms with Crippen molar-refractivity contribution in [1.29, 1.82) is 0 Å². The molecule has 2 heterocycles. The van der Waals surface area contributed by atoms with Gasteiger partial charge in [0, 0.05) is 28.7 Å². The summed E-state index contributed by atoms with van der Waals surface area (Å²) in [6, 6.07) is 14.0. The highest BCUT2D eigenvalue weighted by molar-refractivity contribution is 6.39. The summed E-state index contributed by atoms with van der Waals surface area (Å²) in [6.07, 6.45) is 3.37. The second kappa shape index (κ2) is 7.48. The number of barbiturate groups is 1. The van der Waals surface area contributed by atoms with Gasteiger partial charge in [-0.05, 0) is 38.1 Å². The first-order chi connectivity index (χ1) is 14.4. The molecule has 0 radical (unpaired) electrons. The third-order valence-electron chi connectivity index (χ3n) is 5.27. The SMILES string of the molecule is C=CCn1c(C)c(/C=C2\C(=O)NC(=O)N(c3ccc(C)cc3)C2=O)c2ccccc21. The lowest BCUT2D eigenvalue weighted by Crippen LogP contribution is -2.54. The van der Waals surface area contributed by atoms with E-state index in [1.54, 1.807) is 24.3 Å². The Hall–Kier alpha value is -3.93. The van der Waals surface area contributed by atoms with Crippen molar-refractivity contribution in [3.63, 3.8) is 0 Å². The van der Waals surface area contributed by atoms with Crippen LogP contribution < -0.4 is 10.2 Å². The Kier molecular flexibility index (Phi) is 4.83. The van der Waals surface area contributed by atoms with E-state index in [1.165, 1.54) is 0 Å². The van der Waals surface area contributed by atoms with Crippen LogP contribution in [0, 0.1) is 13.8 Å². The van der Waals surface area contributed by atoms with E-state index in [0.29, 0.717) is 12.2 Å². The topological polar surface area (TPSA) is 71.4 Å². The molecule has 0 unspecified atom stereocenters. The lowest BCUT2D eigenvalue weighted by molar-refractivity contribution is -0.122. The van der Waals surface area contributed by atoms with Crippen LogP contribution in [-0.4, -0.2) is 22.4 Å². The molecule has 1 N–H and O–H groups in total. The van der Waals surface area contributed by atoms with Crippen molar-refractivity contribution >= 4 is 40.5 Å². The monoisotopic (exact) mass is 399 g/mol. The minimum Gasteiger partial charge on any atom is -0.340 e. The van der Waals surface area contributed by atoms with Gasteiger partial charge in [-0.25, -0.2) is 9.69 Å². The zero-order valence-electron chi connectivity index (χ0n) is 16.8. The van der Waals surface area contributed by atoms with Crippen molar-refractivity contribution < 1.29 is 14.4 Å². The summed E-state index contributed by atoms with van der Waals surface area (Å²) in [4.78, 5) is 39.1. The van der Waals surface area contributed by atoms with E-state index < -0.39 is 17.8 Å². The molecule has 1 aromatic heterocycles. The van der Waals surface area contributed by atoms with E-state index in [1.807, 2.05) is 50.2 Å². The molecule has 30 heavy (non-hydrogen) atoms. The predicted molar refractivity (Wildman–Crippen MR) is 117 cm³/mol. The number of carbonyl (C=O) groups is 3. The number of carbonyl (C=O) groups excluding carboxylic acids is 3. The Balaban J connectivity index is 1.85. The zero-order valence-corrected chi connectivity index (χ0v) is 16.8. The highest BCUT2D eigenvalue weighted by Crippen LogP contribution is 2.29. The van der Waals surface area contributed by atoms with Crippen molar-refractivity contribution in [2.24, 2.45) is 0 Å². The van der Waals surface area contributed by atoms with Gasteiger partial charge in [-0.15, -0.1) is 6.58 Å². The van der Waals surface area contributed by atoms with E-state index >= 15 is 0 Å². The second-order valence-corrected chi connectivity index (χ2v) is 7.21. The standard InChI is InChI=1S/C24H21N3O3/c1-4-13-26-16(3)19(18-7-5-6-8-21(18)26)14-20-22(28)25-24(30)27(23(20)29)17-11-9-15(2)10-12-17/h4-12,14H,1,13H2,2-3H3,(H,25,28,30)/b20-14+. The fourth-order valence-corrected chi connectivity index (χ4v) is 3.73. The van der Waals surface area contributed by atoms with Crippen molar-refractivity contribution in [3.8, 4) is 0 Å². The molecule has 0 saturated carbocycles. The van der Waals surface area contributed by atoms with Crippen LogP contribution in [0.4, 0.5) is 10.5 Å². The highest BCUT2D eigenvalue weighted by Gasteiger charge is 2.37. The van der Waals surface area contributed by atoms with E-state index in [2.05, 4.69) is 16.5 Å². The number of hydrogen-bond acceptors (Lipinski definition) is 3. The Labute approximate surface area is 174 Å². The summed E-state index contributed by atoms with van der Waals surface area (Å²) in [5.74, 6) is -1.35. The highest BCUT2D eigenvalue weighted by atomic mass is 16.2. The number of fused-ring (bicyclic) bond motifs is 1. The van der Waals surface area contributed by atoms with Gasteiger partial charge in [0.1, 0.15) is 5.57 Å². The van der Waals surface area contributed by atoms with Gasteiger partial charge in [0.05, 0.1) is 5.69 Å². The fourth-order valence-electron chi connectivity index (χ4n) is 3.73. The molecule has 3 aromatic rings. The van der Waals surface area contributed by atoms with Gasteiger partial charge >= 0.3 is 6.03 Å². The number of aromatic nitrogens is 1. The van der Waals surface area contributed by atoms with Crippen LogP contribution in [0.1, 0.15) is 16.8 Å². The first-order valence-electron chi connectivity index (χ1n) is 9.59. The third-order valence-corrected chi connectivity index (χ3v) is 5.27. The normalized spacial score (nSPS) is 15.7. The van der Waals surface area contributed by atoms with Gasteiger partial charge in [0.15, 0.2) is 0 Å². The van der Waals surface area contributed by atoms with Crippen molar-refractivity contribution in [2.45, 2.75) is 20.4 Å². The molecular weight excluding hydrogens is 378 g/mol. The van der Waals surface area contributed by atoms with Crippen LogP contribution in [-0.2, 0) is 16.1 Å². The number of imide groups is 2. The molecule has 1 aliphatic rings. The van der Waals surface area contributed by atoms with E-state index in [4.69, 9.17) is 0 Å². The summed E-state index contributed by atoms with van der Waals surface area (Å²) in [6.45, 7) is 8.26. The number of rotatable bonds is 4. The van der Waals surface area contributed by atoms with Gasteiger partial charge in [-0.3, -0.25) is 14.9 Å². The smallest absolute Gasteiger partial charge is 0.335 e. The number of benzene rings is 2. The molecule has 0 atom stereocenters. The molecule has 1 fully saturated rings. The van der Waals surface area contributed by atoms with Crippen molar-refractivity contribution in [1.82, 2.24) is 9.88 Å². The molecule has 150 valence electrons. The van der Waals surface area contributed by atoms with Crippen LogP contribution >= 0.6 is 0 Å². The molecular formula is C24H21N3O3. The molecule has 0 spiro atoms. The Morgan fingerprint density at radius 2 is 1.70 bits per heavy atom. The number of amides is 4. The Morgan fingerprint density at radius 3 is 2.40 bits per heavy atom.